The second-order valence-electron chi connectivity index (χ2n) is 5.61. The highest BCUT2D eigenvalue weighted by Crippen LogP contribution is 2.19. The van der Waals surface area contributed by atoms with E-state index in [1.807, 2.05) is 22.2 Å². The minimum atomic E-state index is -0.403. The number of hydrogen-bond acceptors (Lipinski definition) is 4. The molecule has 2 aromatic heterocycles. The molecule has 2 heterocycles. The maximum Gasteiger partial charge on any atom is 0.222 e. The maximum atomic E-state index is 12.3. The van der Waals surface area contributed by atoms with Crippen molar-refractivity contribution in [3.8, 4) is 0 Å². The molecule has 3 aromatic rings. The second kappa shape index (κ2) is 7.67. The number of halogens is 1. The van der Waals surface area contributed by atoms with E-state index in [-0.39, 0.29) is 18.2 Å². The lowest BCUT2D eigenvalue weighted by Crippen LogP contribution is -2.32. The lowest BCUT2D eigenvalue weighted by atomic mass is 10.0. The van der Waals surface area contributed by atoms with Crippen molar-refractivity contribution in [2.45, 2.75) is 25.9 Å². The van der Waals surface area contributed by atoms with Crippen LogP contribution in [-0.2, 0) is 16.1 Å². The molecule has 0 saturated carbocycles. The maximum absolute atomic E-state index is 12.3. The third kappa shape index (κ3) is 4.58. The number of aromatic nitrogens is 2. The molecule has 0 bridgehead atoms. The largest absolute Gasteiger partial charge is 0.350 e. The summed E-state index contributed by atoms with van der Waals surface area (Å²) < 4.78 is 1.92. The van der Waals surface area contributed by atoms with Crippen molar-refractivity contribution in [1.29, 1.82) is 0 Å². The van der Waals surface area contributed by atoms with Gasteiger partial charge in [0.1, 0.15) is 0 Å². The number of nitrogens with one attached hydrogen (secondary N) is 2. The first-order valence-electron chi connectivity index (χ1n) is 7.71. The molecule has 1 aromatic carbocycles. The van der Waals surface area contributed by atoms with Gasteiger partial charge in [-0.1, -0.05) is 23.7 Å². The fourth-order valence-electron chi connectivity index (χ4n) is 2.50. The highest BCUT2D eigenvalue weighted by atomic mass is 35.5. The summed E-state index contributed by atoms with van der Waals surface area (Å²) in [6.45, 7) is 1.78. The van der Waals surface area contributed by atoms with Gasteiger partial charge in [0, 0.05) is 29.7 Å². The van der Waals surface area contributed by atoms with Gasteiger partial charge in [-0.25, -0.2) is 4.98 Å². The summed E-state index contributed by atoms with van der Waals surface area (Å²) in [7, 11) is 0. The molecule has 1 unspecified atom stereocenters. The van der Waals surface area contributed by atoms with Crippen LogP contribution in [-0.4, -0.2) is 21.2 Å². The highest BCUT2D eigenvalue weighted by molar-refractivity contribution is 7.15. The Morgan fingerprint density at radius 3 is 2.76 bits per heavy atom. The Kier molecular flexibility index (Phi) is 5.35. The lowest BCUT2D eigenvalue weighted by Gasteiger charge is -2.18. The molecule has 0 aliphatic heterocycles. The van der Waals surface area contributed by atoms with Crippen molar-refractivity contribution in [3.63, 3.8) is 0 Å². The van der Waals surface area contributed by atoms with Crippen LogP contribution in [0.25, 0.3) is 4.96 Å². The van der Waals surface area contributed by atoms with E-state index >= 15 is 0 Å². The zero-order valence-electron chi connectivity index (χ0n) is 13.5. The van der Waals surface area contributed by atoms with Crippen molar-refractivity contribution in [2.24, 2.45) is 0 Å². The van der Waals surface area contributed by atoms with Gasteiger partial charge in [0.15, 0.2) is 4.96 Å². The lowest BCUT2D eigenvalue weighted by molar-refractivity contribution is -0.122. The summed E-state index contributed by atoms with van der Waals surface area (Å²) in [5.74, 6) is -0.354. The quantitative estimate of drug-likeness (QED) is 0.694. The molecule has 0 aliphatic carbocycles. The summed E-state index contributed by atoms with van der Waals surface area (Å²) >= 11 is 7.43. The summed E-state index contributed by atoms with van der Waals surface area (Å²) in [6.07, 6.45) is 3.95. The average molecular weight is 377 g/mol. The van der Waals surface area contributed by atoms with Gasteiger partial charge in [0.2, 0.25) is 11.8 Å². The Hall–Kier alpha value is -2.38. The van der Waals surface area contributed by atoms with Crippen molar-refractivity contribution >= 4 is 39.7 Å². The molecule has 3 rings (SSSR count). The van der Waals surface area contributed by atoms with Gasteiger partial charge in [-0.3, -0.25) is 14.0 Å². The number of nitrogens with zero attached hydrogens (tertiary/aromatic N) is 2. The van der Waals surface area contributed by atoms with Crippen molar-refractivity contribution in [3.05, 3.63) is 58.3 Å². The van der Waals surface area contributed by atoms with Gasteiger partial charge < -0.3 is 10.6 Å². The fourth-order valence-corrected chi connectivity index (χ4v) is 3.35. The summed E-state index contributed by atoms with van der Waals surface area (Å²) in [4.78, 5) is 29.0. The monoisotopic (exact) mass is 376 g/mol. The van der Waals surface area contributed by atoms with Crippen LogP contribution < -0.4 is 10.6 Å². The summed E-state index contributed by atoms with van der Waals surface area (Å²) in [5, 5.41) is 8.21. The molecule has 0 fully saturated rings. The third-order valence-corrected chi connectivity index (χ3v) is 4.67. The number of fused-ring (bicyclic) bond motifs is 1. The first kappa shape index (κ1) is 17.4. The smallest absolute Gasteiger partial charge is 0.222 e. The predicted octanol–water partition coefficient (Wildman–Crippen LogP) is 2.93. The van der Waals surface area contributed by atoms with E-state index in [9.17, 15) is 9.59 Å². The van der Waals surface area contributed by atoms with E-state index in [4.69, 9.17) is 11.6 Å². The van der Waals surface area contributed by atoms with E-state index in [0.717, 1.165) is 16.2 Å². The van der Waals surface area contributed by atoms with Gasteiger partial charge in [-0.15, -0.1) is 11.3 Å². The third-order valence-electron chi connectivity index (χ3n) is 3.65. The Labute approximate surface area is 153 Å². The Morgan fingerprint density at radius 2 is 2.08 bits per heavy atom. The standard InChI is InChI=1S/C17H17ClN4O2S/c1-11(23)20-15(12-2-4-13(18)5-3-12)8-16(24)19-9-14-10-22-6-7-25-17(22)21-14/h2-7,10,15H,8-9H2,1H3,(H,19,24)(H,20,23). The fraction of sp³-hybridized carbons (Fsp3) is 0.235. The van der Waals surface area contributed by atoms with Gasteiger partial charge in [0.25, 0.3) is 0 Å². The molecule has 1 atom stereocenters. The molecule has 6 nitrogen and oxygen atoms in total. The van der Waals surface area contributed by atoms with Crippen LogP contribution in [0.5, 0.6) is 0 Å². The van der Waals surface area contributed by atoms with Crippen molar-refractivity contribution in [2.75, 3.05) is 0 Å². The topological polar surface area (TPSA) is 75.5 Å². The van der Waals surface area contributed by atoms with Gasteiger partial charge in [0.05, 0.1) is 24.7 Å². The first-order chi connectivity index (χ1) is 12.0. The van der Waals surface area contributed by atoms with E-state index in [1.54, 1.807) is 24.3 Å². The van der Waals surface area contributed by atoms with Crippen LogP contribution >= 0.6 is 22.9 Å². The van der Waals surface area contributed by atoms with E-state index < -0.39 is 6.04 Å². The molecule has 8 heteroatoms. The summed E-state index contributed by atoms with van der Waals surface area (Å²) in [6, 6.07) is 6.68. The van der Waals surface area contributed by atoms with E-state index in [0.29, 0.717) is 11.6 Å². The SMILES string of the molecule is CC(=O)NC(CC(=O)NCc1cn2ccsc2n1)c1ccc(Cl)cc1. The van der Waals surface area contributed by atoms with Crippen LogP contribution in [0.4, 0.5) is 0 Å². The molecule has 25 heavy (non-hydrogen) atoms. The van der Waals surface area contributed by atoms with Crippen LogP contribution in [0.3, 0.4) is 0 Å². The summed E-state index contributed by atoms with van der Waals surface area (Å²) in [5.41, 5.74) is 1.63. The molecule has 0 spiro atoms. The zero-order chi connectivity index (χ0) is 17.8. The Morgan fingerprint density at radius 1 is 1.32 bits per heavy atom. The van der Waals surface area contributed by atoms with E-state index in [1.165, 1.54) is 18.3 Å². The van der Waals surface area contributed by atoms with Crippen molar-refractivity contribution < 1.29 is 9.59 Å². The number of carbonyl (C=O) groups is 2. The predicted molar refractivity (Wildman–Crippen MR) is 97.5 cm³/mol. The molecule has 0 radical (unpaired) electrons. The number of thiazole rings is 1. The zero-order valence-corrected chi connectivity index (χ0v) is 15.1. The van der Waals surface area contributed by atoms with Crippen LogP contribution in [0.2, 0.25) is 5.02 Å². The number of carbonyl (C=O) groups excluding carboxylic acids is 2. The minimum Gasteiger partial charge on any atom is -0.350 e. The number of hydrogen-bond donors (Lipinski definition) is 2. The average Bonchev–Trinajstić information content (AvgIpc) is 3.14. The van der Waals surface area contributed by atoms with Gasteiger partial charge >= 0.3 is 0 Å². The highest BCUT2D eigenvalue weighted by Gasteiger charge is 2.17. The Bertz CT molecular complexity index is 859. The number of imidazole rings is 1. The van der Waals surface area contributed by atoms with Crippen molar-refractivity contribution in [1.82, 2.24) is 20.0 Å². The van der Waals surface area contributed by atoms with Gasteiger partial charge in [-0.2, -0.15) is 0 Å². The molecular formula is C17H17ClN4O2S. The molecule has 2 amide bonds. The number of amides is 2. The van der Waals surface area contributed by atoms with Gasteiger partial charge in [-0.05, 0) is 17.7 Å². The number of rotatable bonds is 6. The molecular weight excluding hydrogens is 360 g/mol. The van der Waals surface area contributed by atoms with Crippen LogP contribution in [0, 0.1) is 0 Å². The minimum absolute atomic E-state index is 0.142. The molecule has 130 valence electrons. The Balaban J connectivity index is 1.61. The molecule has 0 saturated heterocycles. The molecule has 2 N–H and O–H groups in total. The normalized spacial score (nSPS) is 12.1. The van der Waals surface area contributed by atoms with Crippen LogP contribution in [0.15, 0.2) is 42.0 Å². The second-order valence-corrected chi connectivity index (χ2v) is 6.92. The van der Waals surface area contributed by atoms with Crippen LogP contribution in [0.1, 0.15) is 30.6 Å². The number of benzene rings is 1. The van der Waals surface area contributed by atoms with E-state index in [2.05, 4.69) is 15.6 Å². The molecule has 0 aliphatic rings. The first-order valence-corrected chi connectivity index (χ1v) is 8.97.